The number of benzene rings is 2. The molecule has 2 heterocycles. The van der Waals surface area contributed by atoms with Gasteiger partial charge in [0.15, 0.2) is 0 Å². The number of aromatic nitrogens is 3. The van der Waals surface area contributed by atoms with E-state index in [4.69, 9.17) is 14.7 Å². The zero-order valence-electron chi connectivity index (χ0n) is 24.2. The summed E-state index contributed by atoms with van der Waals surface area (Å²) < 4.78 is 7.99. The molecule has 0 fully saturated rings. The van der Waals surface area contributed by atoms with E-state index in [0.717, 1.165) is 44.1 Å². The smallest absolute Gasteiger partial charge is 0.234 e. The minimum absolute atomic E-state index is 0.728. The Kier molecular flexibility index (Phi) is 11.3. The molecule has 206 valence electrons. The average molecular weight is 524 g/mol. The highest BCUT2D eigenvalue weighted by Crippen LogP contribution is 2.22. The summed E-state index contributed by atoms with van der Waals surface area (Å²) in [6.07, 6.45) is 12.0. The van der Waals surface area contributed by atoms with Crippen LogP contribution in [-0.2, 0) is 24.2 Å². The fourth-order valence-electron chi connectivity index (χ4n) is 5.28. The minimum Gasteiger partial charge on any atom is -0.377 e. The van der Waals surface area contributed by atoms with Crippen LogP contribution in [0.25, 0.3) is 5.95 Å². The molecule has 4 heteroatoms. The molecule has 0 saturated heterocycles. The van der Waals surface area contributed by atoms with Crippen LogP contribution in [0.2, 0.25) is 0 Å². The maximum atomic E-state index is 5.81. The summed E-state index contributed by atoms with van der Waals surface area (Å²) in [5.41, 5.74) is 8.53. The highest BCUT2D eigenvalue weighted by molar-refractivity contribution is 5.36. The van der Waals surface area contributed by atoms with E-state index in [2.05, 4.69) is 92.1 Å². The maximum absolute atomic E-state index is 5.81. The van der Waals surface area contributed by atoms with E-state index in [1.165, 1.54) is 78.7 Å². The topological polar surface area (TPSA) is 39.9 Å². The van der Waals surface area contributed by atoms with Crippen LogP contribution in [0.1, 0.15) is 90.8 Å². The Balaban J connectivity index is 1.21. The molecule has 0 amide bonds. The van der Waals surface area contributed by atoms with Crippen LogP contribution in [0.15, 0.2) is 72.8 Å². The van der Waals surface area contributed by atoms with E-state index >= 15 is 0 Å². The third kappa shape index (κ3) is 8.90. The standard InChI is InChI=1S/C35H45N3O/c1-28-23-24-29(2)38(28)35-36-30(3)33(26-31-18-12-10-13-19-31)34(37-35)22-16-8-6-4-5-7-9-17-25-39-27-32-20-14-11-15-21-32/h10-15,18-21,23-24H,4-9,16-17,22,25-27H2,1-3H3. The molecule has 0 aliphatic rings. The second kappa shape index (κ2) is 15.4. The number of unbranched alkanes of at least 4 members (excludes halogenated alkanes) is 7. The Morgan fingerprint density at radius 1 is 0.615 bits per heavy atom. The van der Waals surface area contributed by atoms with Crippen molar-refractivity contribution in [1.82, 2.24) is 14.5 Å². The molecule has 39 heavy (non-hydrogen) atoms. The van der Waals surface area contributed by atoms with Crippen LogP contribution in [0.3, 0.4) is 0 Å². The molecule has 0 radical (unpaired) electrons. The predicted molar refractivity (Wildman–Crippen MR) is 162 cm³/mol. The third-order valence-corrected chi connectivity index (χ3v) is 7.55. The van der Waals surface area contributed by atoms with E-state index in [9.17, 15) is 0 Å². The van der Waals surface area contributed by atoms with Gasteiger partial charge in [-0.1, -0.05) is 99.2 Å². The highest BCUT2D eigenvalue weighted by Gasteiger charge is 2.15. The summed E-state index contributed by atoms with van der Waals surface area (Å²) in [4.78, 5) is 10.1. The molecule has 4 aromatic rings. The molecular weight excluding hydrogens is 478 g/mol. The fourth-order valence-corrected chi connectivity index (χ4v) is 5.28. The molecule has 4 rings (SSSR count). The minimum atomic E-state index is 0.728. The van der Waals surface area contributed by atoms with E-state index in [1.54, 1.807) is 0 Å². The van der Waals surface area contributed by atoms with Gasteiger partial charge in [0.25, 0.3) is 0 Å². The summed E-state index contributed by atoms with van der Waals surface area (Å²) in [6.45, 7) is 7.99. The number of hydrogen-bond donors (Lipinski definition) is 0. The molecule has 0 unspecified atom stereocenters. The molecule has 0 aliphatic carbocycles. The molecule has 2 aromatic heterocycles. The molecular formula is C35H45N3O. The first-order valence-corrected chi connectivity index (χ1v) is 14.8. The lowest BCUT2D eigenvalue weighted by Gasteiger charge is -2.16. The van der Waals surface area contributed by atoms with Crippen molar-refractivity contribution in [2.75, 3.05) is 6.61 Å². The van der Waals surface area contributed by atoms with Crippen molar-refractivity contribution in [3.05, 3.63) is 112 Å². The first-order chi connectivity index (χ1) is 19.1. The summed E-state index contributed by atoms with van der Waals surface area (Å²) in [7, 11) is 0. The molecule has 0 spiro atoms. The van der Waals surface area contributed by atoms with E-state index in [1.807, 2.05) is 6.07 Å². The molecule has 4 nitrogen and oxygen atoms in total. The Morgan fingerprint density at radius 2 is 1.18 bits per heavy atom. The average Bonchev–Trinajstić information content (AvgIpc) is 3.29. The van der Waals surface area contributed by atoms with Crippen LogP contribution >= 0.6 is 0 Å². The quantitative estimate of drug-likeness (QED) is 0.138. The van der Waals surface area contributed by atoms with Crippen LogP contribution < -0.4 is 0 Å². The second-order valence-electron chi connectivity index (χ2n) is 10.8. The molecule has 0 N–H and O–H groups in total. The number of aryl methyl sites for hydroxylation is 4. The van der Waals surface area contributed by atoms with Gasteiger partial charge in [-0.3, -0.25) is 4.57 Å². The lowest BCUT2D eigenvalue weighted by Crippen LogP contribution is -2.12. The highest BCUT2D eigenvalue weighted by atomic mass is 16.5. The van der Waals surface area contributed by atoms with Crippen LogP contribution in [-0.4, -0.2) is 21.1 Å². The number of ether oxygens (including phenoxy) is 1. The van der Waals surface area contributed by atoms with Crippen molar-refractivity contribution in [3.63, 3.8) is 0 Å². The Bertz CT molecular complexity index is 1240. The summed E-state index contributed by atoms with van der Waals surface area (Å²) >= 11 is 0. The number of hydrogen-bond acceptors (Lipinski definition) is 3. The summed E-state index contributed by atoms with van der Waals surface area (Å²) in [5, 5.41) is 0. The molecule has 0 aliphatic heterocycles. The van der Waals surface area contributed by atoms with Crippen LogP contribution in [0.4, 0.5) is 0 Å². The molecule has 2 aromatic carbocycles. The van der Waals surface area contributed by atoms with Gasteiger partial charge < -0.3 is 4.74 Å². The third-order valence-electron chi connectivity index (χ3n) is 7.55. The first kappa shape index (κ1) is 28.8. The van der Waals surface area contributed by atoms with Gasteiger partial charge in [0, 0.05) is 35.8 Å². The lowest BCUT2D eigenvalue weighted by atomic mass is 9.98. The predicted octanol–water partition coefficient (Wildman–Crippen LogP) is 8.66. The number of nitrogens with zero attached hydrogens (tertiary/aromatic N) is 3. The zero-order chi connectivity index (χ0) is 27.3. The van der Waals surface area contributed by atoms with E-state index in [-0.39, 0.29) is 0 Å². The summed E-state index contributed by atoms with van der Waals surface area (Å²) in [6, 6.07) is 25.4. The van der Waals surface area contributed by atoms with Crippen LogP contribution in [0, 0.1) is 20.8 Å². The van der Waals surface area contributed by atoms with Crippen molar-refractivity contribution >= 4 is 0 Å². The Labute approximate surface area is 235 Å². The first-order valence-electron chi connectivity index (χ1n) is 14.8. The largest absolute Gasteiger partial charge is 0.377 e. The second-order valence-corrected chi connectivity index (χ2v) is 10.8. The van der Waals surface area contributed by atoms with Crippen molar-refractivity contribution in [3.8, 4) is 5.95 Å². The van der Waals surface area contributed by atoms with E-state index in [0.29, 0.717) is 0 Å². The van der Waals surface area contributed by atoms with Gasteiger partial charge in [-0.2, -0.15) is 0 Å². The SMILES string of the molecule is Cc1nc(-n2c(C)ccc2C)nc(CCCCCCCCCCOCc2ccccc2)c1Cc1ccccc1. The zero-order valence-corrected chi connectivity index (χ0v) is 24.2. The molecule has 0 saturated carbocycles. The molecule has 0 atom stereocenters. The fraction of sp³-hybridized carbons (Fsp3) is 0.429. The van der Waals surface area contributed by atoms with Gasteiger partial charge >= 0.3 is 0 Å². The van der Waals surface area contributed by atoms with Crippen LogP contribution in [0.5, 0.6) is 0 Å². The van der Waals surface area contributed by atoms with Gasteiger partial charge in [-0.15, -0.1) is 0 Å². The normalized spacial score (nSPS) is 11.3. The number of rotatable bonds is 16. The monoisotopic (exact) mass is 523 g/mol. The van der Waals surface area contributed by atoms with E-state index < -0.39 is 0 Å². The van der Waals surface area contributed by atoms with Gasteiger partial charge in [0.05, 0.1) is 6.61 Å². The Morgan fingerprint density at radius 3 is 1.82 bits per heavy atom. The van der Waals surface area contributed by atoms with Gasteiger partial charge in [0.2, 0.25) is 5.95 Å². The molecule has 0 bridgehead atoms. The van der Waals surface area contributed by atoms with Crippen molar-refractivity contribution in [2.24, 2.45) is 0 Å². The van der Waals surface area contributed by atoms with Crippen molar-refractivity contribution in [2.45, 2.75) is 91.6 Å². The van der Waals surface area contributed by atoms with Crippen molar-refractivity contribution < 1.29 is 4.74 Å². The van der Waals surface area contributed by atoms with Crippen molar-refractivity contribution in [1.29, 1.82) is 0 Å². The maximum Gasteiger partial charge on any atom is 0.234 e. The Hall–Kier alpha value is -3.24. The summed E-state index contributed by atoms with van der Waals surface area (Å²) in [5.74, 6) is 0.812. The lowest BCUT2D eigenvalue weighted by molar-refractivity contribution is 0.116. The van der Waals surface area contributed by atoms with Gasteiger partial charge in [-0.05, 0) is 68.9 Å². The van der Waals surface area contributed by atoms with Gasteiger partial charge in [-0.25, -0.2) is 9.97 Å². The van der Waals surface area contributed by atoms with Gasteiger partial charge in [0.1, 0.15) is 0 Å².